The van der Waals surface area contributed by atoms with Gasteiger partial charge >= 0.3 is 0 Å². The fraction of sp³-hybridized carbons (Fsp3) is 0.692. The largest absolute Gasteiger partial charge is 0.383 e. The van der Waals surface area contributed by atoms with E-state index in [1.807, 2.05) is 0 Å². The summed E-state index contributed by atoms with van der Waals surface area (Å²) in [5, 5.41) is 3.44. The lowest BCUT2D eigenvalue weighted by Gasteiger charge is -2.32. The van der Waals surface area contributed by atoms with Crippen LogP contribution in [-0.2, 0) is 4.74 Å². The van der Waals surface area contributed by atoms with Crippen LogP contribution in [0.3, 0.4) is 0 Å². The van der Waals surface area contributed by atoms with E-state index in [4.69, 9.17) is 4.74 Å². The first-order valence-electron chi connectivity index (χ1n) is 6.71. The number of anilines is 1. The van der Waals surface area contributed by atoms with E-state index in [2.05, 4.69) is 36.1 Å². The predicted molar refractivity (Wildman–Crippen MR) is 79.4 cm³/mol. The van der Waals surface area contributed by atoms with Crippen LogP contribution < -0.4 is 10.2 Å². The highest BCUT2D eigenvalue weighted by Crippen LogP contribution is 2.20. The molecule has 19 heavy (non-hydrogen) atoms. The second-order valence-electron chi connectivity index (χ2n) is 4.83. The summed E-state index contributed by atoms with van der Waals surface area (Å²) in [6, 6.07) is 0. The number of nitrogens with one attached hydrogen (secondary N) is 1. The fourth-order valence-corrected chi connectivity index (χ4v) is 2.49. The third-order valence-electron chi connectivity index (χ3n) is 3.42. The third kappa shape index (κ3) is 4.71. The minimum absolute atomic E-state index is 0.753. The number of methoxy groups -OCH3 is 1. The van der Waals surface area contributed by atoms with Gasteiger partial charge in [0.05, 0.1) is 11.1 Å². The van der Waals surface area contributed by atoms with E-state index in [-0.39, 0.29) is 0 Å². The summed E-state index contributed by atoms with van der Waals surface area (Å²) in [4.78, 5) is 11.0. The van der Waals surface area contributed by atoms with Crippen LogP contribution in [0.25, 0.3) is 0 Å². The summed E-state index contributed by atoms with van der Waals surface area (Å²) < 4.78 is 5.95. The zero-order valence-electron chi connectivity index (χ0n) is 11.3. The maximum Gasteiger partial charge on any atom is 0.225 e. The van der Waals surface area contributed by atoms with E-state index in [0.717, 1.165) is 49.1 Å². The average molecular weight is 329 g/mol. The molecule has 2 heterocycles. The highest BCUT2D eigenvalue weighted by molar-refractivity contribution is 9.10. The van der Waals surface area contributed by atoms with Crippen LogP contribution >= 0.6 is 15.9 Å². The van der Waals surface area contributed by atoms with Crippen LogP contribution in [0.1, 0.15) is 12.8 Å². The Hall–Kier alpha value is -0.720. The van der Waals surface area contributed by atoms with E-state index in [1.165, 1.54) is 12.8 Å². The Bertz CT molecular complexity index is 365. The van der Waals surface area contributed by atoms with E-state index in [0.29, 0.717) is 0 Å². The Morgan fingerprint density at radius 1 is 1.37 bits per heavy atom. The molecule has 106 valence electrons. The van der Waals surface area contributed by atoms with Crippen LogP contribution in [0.15, 0.2) is 16.9 Å². The maximum absolute atomic E-state index is 5.02. The first kappa shape index (κ1) is 14.7. The number of aromatic nitrogens is 2. The van der Waals surface area contributed by atoms with Crippen molar-refractivity contribution in [3.8, 4) is 0 Å². The molecule has 0 aliphatic carbocycles. The average Bonchev–Trinajstić information content (AvgIpc) is 2.45. The molecule has 0 unspecified atom stereocenters. The van der Waals surface area contributed by atoms with Crippen molar-refractivity contribution in [2.45, 2.75) is 12.8 Å². The van der Waals surface area contributed by atoms with Crippen molar-refractivity contribution >= 4 is 21.9 Å². The molecule has 1 aromatic rings. The van der Waals surface area contributed by atoms with Gasteiger partial charge < -0.3 is 15.0 Å². The number of halogens is 1. The van der Waals surface area contributed by atoms with Gasteiger partial charge in [-0.3, -0.25) is 0 Å². The van der Waals surface area contributed by atoms with Gasteiger partial charge in [0.25, 0.3) is 0 Å². The summed E-state index contributed by atoms with van der Waals surface area (Å²) in [7, 11) is 1.73. The predicted octanol–water partition coefficient (Wildman–Crippen LogP) is 1.69. The minimum atomic E-state index is 0.753. The van der Waals surface area contributed by atoms with Crippen molar-refractivity contribution in [3.63, 3.8) is 0 Å². The summed E-state index contributed by atoms with van der Waals surface area (Å²) in [5.41, 5.74) is 0. The zero-order chi connectivity index (χ0) is 13.5. The van der Waals surface area contributed by atoms with Crippen LogP contribution in [0.4, 0.5) is 5.95 Å². The van der Waals surface area contributed by atoms with Crippen LogP contribution in [0, 0.1) is 5.92 Å². The lowest BCUT2D eigenvalue weighted by Crippen LogP contribution is -2.38. The van der Waals surface area contributed by atoms with Gasteiger partial charge in [0.2, 0.25) is 5.95 Å². The quantitative estimate of drug-likeness (QED) is 0.805. The molecule has 1 aliphatic heterocycles. The number of piperidine rings is 1. The standard InChI is InChI=1S/C13H21BrN4O/c1-19-7-4-15-8-11-2-5-18(6-3-11)13-16-9-12(14)10-17-13/h9-11,15H,2-8H2,1H3. The van der Waals surface area contributed by atoms with Crippen molar-refractivity contribution in [3.05, 3.63) is 16.9 Å². The number of nitrogens with zero attached hydrogens (tertiary/aromatic N) is 3. The Morgan fingerprint density at radius 3 is 2.68 bits per heavy atom. The molecule has 0 radical (unpaired) electrons. The van der Waals surface area contributed by atoms with E-state index in [1.54, 1.807) is 19.5 Å². The monoisotopic (exact) mass is 328 g/mol. The van der Waals surface area contributed by atoms with Crippen molar-refractivity contribution < 1.29 is 4.74 Å². The third-order valence-corrected chi connectivity index (χ3v) is 3.83. The lowest BCUT2D eigenvalue weighted by molar-refractivity contribution is 0.196. The topological polar surface area (TPSA) is 50.3 Å². The molecule has 1 N–H and O–H groups in total. The first-order chi connectivity index (χ1) is 9.29. The number of ether oxygens (including phenoxy) is 1. The molecule has 2 rings (SSSR count). The highest BCUT2D eigenvalue weighted by atomic mass is 79.9. The Kier molecular flexibility index (Phi) is 6.00. The van der Waals surface area contributed by atoms with Crippen LogP contribution in [-0.4, -0.2) is 49.9 Å². The molecule has 0 spiro atoms. The van der Waals surface area contributed by atoms with Gasteiger partial charge in [0, 0.05) is 39.1 Å². The van der Waals surface area contributed by atoms with Gasteiger partial charge in [-0.15, -0.1) is 0 Å². The molecule has 1 fully saturated rings. The molecule has 0 aromatic carbocycles. The van der Waals surface area contributed by atoms with Crippen molar-refractivity contribution in [1.29, 1.82) is 0 Å². The van der Waals surface area contributed by atoms with Crippen LogP contribution in [0.5, 0.6) is 0 Å². The molecule has 5 nitrogen and oxygen atoms in total. The molecule has 0 bridgehead atoms. The van der Waals surface area contributed by atoms with E-state index < -0.39 is 0 Å². The van der Waals surface area contributed by atoms with E-state index >= 15 is 0 Å². The normalized spacial score (nSPS) is 16.8. The SMILES string of the molecule is COCCNCC1CCN(c2ncc(Br)cn2)CC1. The maximum atomic E-state index is 5.02. The Labute approximate surface area is 122 Å². The highest BCUT2D eigenvalue weighted by Gasteiger charge is 2.20. The molecule has 0 atom stereocenters. The molecular weight excluding hydrogens is 308 g/mol. The van der Waals surface area contributed by atoms with Crippen molar-refractivity contribution in [1.82, 2.24) is 15.3 Å². The molecule has 6 heteroatoms. The Balaban J connectivity index is 1.71. The van der Waals surface area contributed by atoms with Crippen LogP contribution in [0.2, 0.25) is 0 Å². The number of hydrogen-bond donors (Lipinski definition) is 1. The minimum Gasteiger partial charge on any atom is -0.383 e. The number of hydrogen-bond acceptors (Lipinski definition) is 5. The summed E-state index contributed by atoms with van der Waals surface area (Å²) in [6.07, 6.45) is 6.00. The van der Waals surface area contributed by atoms with Gasteiger partial charge in [-0.25, -0.2) is 9.97 Å². The zero-order valence-corrected chi connectivity index (χ0v) is 12.9. The summed E-state index contributed by atoms with van der Waals surface area (Å²) >= 11 is 3.36. The molecule has 0 amide bonds. The first-order valence-corrected chi connectivity index (χ1v) is 7.51. The molecule has 0 saturated carbocycles. The van der Waals surface area contributed by atoms with Gasteiger partial charge in [-0.2, -0.15) is 0 Å². The van der Waals surface area contributed by atoms with Crippen molar-refractivity contribution in [2.24, 2.45) is 5.92 Å². The van der Waals surface area contributed by atoms with Crippen molar-refractivity contribution in [2.75, 3.05) is 44.8 Å². The van der Waals surface area contributed by atoms with Gasteiger partial charge in [0.15, 0.2) is 0 Å². The summed E-state index contributed by atoms with van der Waals surface area (Å²) in [5.74, 6) is 1.59. The smallest absolute Gasteiger partial charge is 0.225 e. The molecule has 1 aliphatic rings. The van der Waals surface area contributed by atoms with Gasteiger partial charge in [-0.1, -0.05) is 0 Å². The van der Waals surface area contributed by atoms with Gasteiger partial charge in [-0.05, 0) is 41.2 Å². The molecule has 1 aromatic heterocycles. The summed E-state index contributed by atoms with van der Waals surface area (Å²) in [6.45, 7) is 4.88. The second kappa shape index (κ2) is 7.77. The Morgan fingerprint density at radius 2 is 2.05 bits per heavy atom. The molecular formula is C13H21BrN4O. The second-order valence-corrected chi connectivity index (χ2v) is 5.74. The number of rotatable bonds is 6. The van der Waals surface area contributed by atoms with Gasteiger partial charge in [0.1, 0.15) is 0 Å². The molecule has 1 saturated heterocycles. The van der Waals surface area contributed by atoms with E-state index in [9.17, 15) is 0 Å². The lowest BCUT2D eigenvalue weighted by atomic mass is 9.97. The fourth-order valence-electron chi connectivity index (χ4n) is 2.29.